The summed E-state index contributed by atoms with van der Waals surface area (Å²) in [7, 11) is -3.59. The number of hydrogen-bond acceptors (Lipinski definition) is 4. The van der Waals surface area contributed by atoms with Crippen LogP contribution < -0.4 is 0 Å². The Labute approximate surface area is 171 Å². The molecule has 8 heteroatoms. The maximum Gasteiger partial charge on any atom is 0.270 e. The van der Waals surface area contributed by atoms with Crippen molar-refractivity contribution < 1.29 is 18.0 Å². The molecule has 1 aliphatic rings. The lowest BCUT2D eigenvalue weighted by Gasteiger charge is -2.34. The summed E-state index contributed by atoms with van der Waals surface area (Å²) in [6.07, 6.45) is 0. The summed E-state index contributed by atoms with van der Waals surface area (Å²) in [5, 5.41) is 0. The molecule has 1 N–H and O–H groups in total. The summed E-state index contributed by atoms with van der Waals surface area (Å²) in [4.78, 5) is 29.7. The van der Waals surface area contributed by atoms with Crippen molar-refractivity contribution in [1.82, 2.24) is 14.2 Å². The number of benzene rings is 1. The van der Waals surface area contributed by atoms with Crippen LogP contribution in [0.2, 0.25) is 0 Å². The van der Waals surface area contributed by atoms with Gasteiger partial charge in [-0.05, 0) is 63.4 Å². The van der Waals surface area contributed by atoms with Crippen molar-refractivity contribution in [3.63, 3.8) is 0 Å². The molecule has 0 bridgehead atoms. The summed E-state index contributed by atoms with van der Waals surface area (Å²) in [6.45, 7) is 9.92. The lowest BCUT2D eigenvalue weighted by Crippen LogP contribution is -2.50. The van der Waals surface area contributed by atoms with Crippen LogP contribution >= 0.6 is 0 Å². The number of sulfonamides is 1. The number of carbonyl (C=O) groups excluding carboxylic acids is 2. The number of rotatable bonds is 4. The molecule has 1 fully saturated rings. The molecule has 1 saturated heterocycles. The van der Waals surface area contributed by atoms with Gasteiger partial charge in [0.1, 0.15) is 5.69 Å². The molecule has 0 atom stereocenters. The Morgan fingerprint density at radius 1 is 0.966 bits per heavy atom. The lowest BCUT2D eigenvalue weighted by atomic mass is 10.1. The van der Waals surface area contributed by atoms with Crippen LogP contribution in [0.3, 0.4) is 0 Å². The summed E-state index contributed by atoms with van der Waals surface area (Å²) >= 11 is 0. The molecule has 29 heavy (non-hydrogen) atoms. The zero-order chi connectivity index (χ0) is 21.5. The molecule has 0 spiro atoms. The quantitative estimate of drug-likeness (QED) is 0.774. The van der Waals surface area contributed by atoms with Gasteiger partial charge in [-0.3, -0.25) is 9.59 Å². The number of Topliss-reactive ketones (excluding diaryl/α,β-unsaturated/α-hetero) is 1. The maximum absolute atomic E-state index is 13.0. The highest BCUT2D eigenvalue weighted by Gasteiger charge is 2.32. The molecule has 0 aliphatic carbocycles. The number of carbonyl (C=O) groups is 2. The highest BCUT2D eigenvalue weighted by molar-refractivity contribution is 7.89. The van der Waals surface area contributed by atoms with E-state index in [9.17, 15) is 18.0 Å². The average molecular weight is 418 g/mol. The molecular weight excluding hydrogens is 390 g/mol. The Bertz CT molecular complexity index is 1080. The Morgan fingerprint density at radius 2 is 1.59 bits per heavy atom. The van der Waals surface area contributed by atoms with Crippen LogP contribution in [-0.4, -0.2) is 60.5 Å². The number of nitrogens with zero attached hydrogens (tertiary/aromatic N) is 2. The number of H-pyrrole nitrogens is 1. The van der Waals surface area contributed by atoms with Crippen molar-refractivity contribution >= 4 is 21.7 Å². The molecule has 1 amide bonds. The molecule has 2 heterocycles. The maximum atomic E-state index is 13.0. The SMILES string of the molecule is CC(=O)c1c(C)[nH]c(C(=O)N2CCN(S(=O)(=O)c3ccc(C)c(C)c3)CC2)c1C. The Hall–Kier alpha value is -2.45. The van der Waals surface area contributed by atoms with Crippen LogP contribution in [0.4, 0.5) is 0 Å². The van der Waals surface area contributed by atoms with Gasteiger partial charge < -0.3 is 9.88 Å². The van der Waals surface area contributed by atoms with Crippen molar-refractivity contribution in [2.24, 2.45) is 0 Å². The van der Waals surface area contributed by atoms with E-state index in [-0.39, 0.29) is 29.7 Å². The van der Waals surface area contributed by atoms with Gasteiger partial charge in [-0.25, -0.2) is 8.42 Å². The van der Waals surface area contributed by atoms with Gasteiger partial charge in [0.2, 0.25) is 10.0 Å². The number of nitrogens with one attached hydrogen (secondary N) is 1. The smallest absolute Gasteiger partial charge is 0.270 e. The highest BCUT2D eigenvalue weighted by Crippen LogP contribution is 2.23. The monoisotopic (exact) mass is 417 g/mol. The second-order valence-corrected chi connectivity index (χ2v) is 9.56. The largest absolute Gasteiger partial charge is 0.354 e. The van der Waals surface area contributed by atoms with Crippen molar-refractivity contribution in [3.8, 4) is 0 Å². The van der Waals surface area contributed by atoms with Crippen molar-refractivity contribution in [2.45, 2.75) is 39.5 Å². The van der Waals surface area contributed by atoms with E-state index in [0.29, 0.717) is 35.6 Å². The zero-order valence-electron chi connectivity index (χ0n) is 17.5. The molecule has 156 valence electrons. The second kappa shape index (κ2) is 7.76. The van der Waals surface area contributed by atoms with Gasteiger partial charge in [0.15, 0.2) is 5.78 Å². The summed E-state index contributed by atoms with van der Waals surface area (Å²) in [5.41, 5.74) is 4.24. The molecule has 3 rings (SSSR count). The number of ketones is 1. The normalized spacial score (nSPS) is 15.6. The minimum Gasteiger partial charge on any atom is -0.354 e. The molecule has 0 unspecified atom stereocenters. The fraction of sp³-hybridized carbons (Fsp3) is 0.429. The number of piperazine rings is 1. The third-order valence-electron chi connectivity index (χ3n) is 5.65. The lowest BCUT2D eigenvalue weighted by molar-refractivity contribution is 0.0691. The number of aromatic nitrogens is 1. The van der Waals surface area contributed by atoms with Gasteiger partial charge in [0, 0.05) is 37.4 Å². The van der Waals surface area contributed by atoms with Gasteiger partial charge in [0.05, 0.1) is 4.90 Å². The van der Waals surface area contributed by atoms with Gasteiger partial charge in [-0.15, -0.1) is 0 Å². The van der Waals surface area contributed by atoms with E-state index in [1.807, 2.05) is 19.9 Å². The van der Waals surface area contributed by atoms with Gasteiger partial charge in [-0.2, -0.15) is 4.31 Å². The number of aromatic amines is 1. The minimum atomic E-state index is -3.59. The Kier molecular flexibility index (Phi) is 5.69. The van der Waals surface area contributed by atoms with E-state index >= 15 is 0 Å². The summed E-state index contributed by atoms with van der Waals surface area (Å²) in [5.74, 6) is -0.291. The van der Waals surface area contributed by atoms with Gasteiger partial charge in [0.25, 0.3) is 5.91 Å². The number of hydrogen-bond donors (Lipinski definition) is 1. The standard InChI is InChI=1S/C21H27N3O4S/c1-13-6-7-18(12-14(13)2)29(27,28)24-10-8-23(9-11-24)21(26)20-15(3)19(17(5)25)16(4)22-20/h6-7,12,22H,8-11H2,1-5H3. The highest BCUT2D eigenvalue weighted by atomic mass is 32.2. The van der Waals surface area contributed by atoms with Gasteiger partial charge >= 0.3 is 0 Å². The third-order valence-corrected chi connectivity index (χ3v) is 7.54. The van der Waals surface area contributed by atoms with E-state index in [2.05, 4.69) is 4.98 Å². The number of amides is 1. The van der Waals surface area contributed by atoms with Crippen molar-refractivity contribution in [2.75, 3.05) is 26.2 Å². The van der Waals surface area contributed by atoms with Crippen molar-refractivity contribution in [3.05, 3.63) is 51.8 Å². The summed E-state index contributed by atoms with van der Waals surface area (Å²) in [6, 6.07) is 5.13. The first-order valence-electron chi connectivity index (χ1n) is 9.60. The first-order chi connectivity index (χ1) is 13.5. The first-order valence-corrected chi connectivity index (χ1v) is 11.0. The molecule has 0 radical (unpaired) electrons. The van der Waals surface area contributed by atoms with Crippen LogP contribution in [0.5, 0.6) is 0 Å². The fourth-order valence-corrected chi connectivity index (χ4v) is 5.31. The second-order valence-electron chi connectivity index (χ2n) is 7.62. The fourth-order valence-electron chi connectivity index (χ4n) is 3.81. The van der Waals surface area contributed by atoms with E-state index in [4.69, 9.17) is 0 Å². The molecule has 1 aliphatic heterocycles. The third kappa shape index (κ3) is 3.86. The van der Waals surface area contributed by atoms with Crippen LogP contribution in [0.1, 0.15) is 50.2 Å². The van der Waals surface area contributed by atoms with Crippen LogP contribution in [-0.2, 0) is 10.0 Å². The van der Waals surface area contributed by atoms with E-state index in [1.54, 1.807) is 30.9 Å². The zero-order valence-corrected chi connectivity index (χ0v) is 18.3. The van der Waals surface area contributed by atoms with E-state index in [0.717, 1.165) is 11.1 Å². The number of aryl methyl sites for hydroxylation is 3. The Balaban J connectivity index is 1.75. The molecular formula is C21H27N3O4S. The van der Waals surface area contributed by atoms with Crippen LogP contribution in [0.25, 0.3) is 0 Å². The van der Waals surface area contributed by atoms with Gasteiger partial charge in [-0.1, -0.05) is 6.07 Å². The Morgan fingerprint density at radius 3 is 2.10 bits per heavy atom. The predicted molar refractivity (Wildman–Crippen MR) is 111 cm³/mol. The molecule has 1 aromatic heterocycles. The van der Waals surface area contributed by atoms with E-state index < -0.39 is 10.0 Å². The van der Waals surface area contributed by atoms with Crippen molar-refractivity contribution in [1.29, 1.82) is 0 Å². The topological polar surface area (TPSA) is 90.6 Å². The van der Waals surface area contributed by atoms with E-state index in [1.165, 1.54) is 11.2 Å². The predicted octanol–water partition coefficient (Wildman–Crippen LogP) is 2.60. The first kappa shape index (κ1) is 21.3. The average Bonchev–Trinajstić information content (AvgIpc) is 2.97. The summed E-state index contributed by atoms with van der Waals surface area (Å²) < 4.78 is 27.3. The van der Waals surface area contributed by atoms with Crippen LogP contribution in [0, 0.1) is 27.7 Å². The molecule has 1 aromatic carbocycles. The minimum absolute atomic E-state index is 0.0837. The van der Waals surface area contributed by atoms with Crippen LogP contribution in [0.15, 0.2) is 23.1 Å². The molecule has 2 aromatic rings. The molecule has 7 nitrogen and oxygen atoms in total. The molecule has 0 saturated carbocycles.